The average Bonchev–Trinajstić information content (AvgIpc) is 2.73. The summed E-state index contributed by atoms with van der Waals surface area (Å²) in [6, 6.07) is 19.8. The van der Waals surface area contributed by atoms with Crippen LogP contribution < -0.4 is 9.47 Å². The molecule has 4 nitrogen and oxygen atoms in total. The summed E-state index contributed by atoms with van der Waals surface area (Å²) in [5.41, 5.74) is 2.58. The Morgan fingerprint density at radius 3 is 2.45 bits per heavy atom. The van der Waals surface area contributed by atoms with E-state index in [1.165, 1.54) is 13.2 Å². The first-order chi connectivity index (χ1) is 14.0. The minimum Gasteiger partial charge on any atom is -0.504 e. The lowest BCUT2D eigenvalue weighted by atomic mass is 10.0. The van der Waals surface area contributed by atoms with Gasteiger partial charge in [0.25, 0.3) is 0 Å². The van der Waals surface area contributed by atoms with E-state index in [1.807, 2.05) is 36.4 Å². The molecule has 0 fully saturated rings. The Labute approximate surface area is 175 Å². The van der Waals surface area contributed by atoms with E-state index in [-0.39, 0.29) is 18.0 Å². The topological polar surface area (TPSA) is 55.8 Å². The van der Waals surface area contributed by atoms with Gasteiger partial charge < -0.3 is 14.6 Å². The van der Waals surface area contributed by atoms with E-state index in [0.29, 0.717) is 17.4 Å². The van der Waals surface area contributed by atoms with Crippen molar-refractivity contribution in [2.24, 2.45) is 0 Å². The summed E-state index contributed by atoms with van der Waals surface area (Å²) in [5, 5.41) is 10.5. The molecule has 0 bridgehead atoms. The van der Waals surface area contributed by atoms with E-state index in [1.54, 1.807) is 36.4 Å². The lowest BCUT2D eigenvalue weighted by Gasteiger charge is -2.10. The first-order valence-electron chi connectivity index (χ1n) is 9.08. The van der Waals surface area contributed by atoms with Gasteiger partial charge >= 0.3 is 0 Å². The van der Waals surface area contributed by atoms with Crippen LogP contribution in [0.25, 0.3) is 6.08 Å². The summed E-state index contributed by atoms with van der Waals surface area (Å²) >= 11 is 5.89. The molecule has 0 aliphatic rings. The number of rotatable bonds is 8. The van der Waals surface area contributed by atoms with Crippen LogP contribution in [0.3, 0.4) is 0 Å². The van der Waals surface area contributed by atoms with Crippen molar-refractivity contribution in [3.63, 3.8) is 0 Å². The number of ketones is 1. The third kappa shape index (κ3) is 5.87. The number of methoxy groups -OCH3 is 1. The van der Waals surface area contributed by atoms with Gasteiger partial charge in [0.15, 0.2) is 17.3 Å². The van der Waals surface area contributed by atoms with Crippen LogP contribution in [-0.4, -0.2) is 18.0 Å². The van der Waals surface area contributed by atoms with Gasteiger partial charge in [0.2, 0.25) is 0 Å². The summed E-state index contributed by atoms with van der Waals surface area (Å²) in [6.45, 7) is 0.362. The van der Waals surface area contributed by atoms with E-state index in [9.17, 15) is 9.90 Å². The SMILES string of the molecule is COc1ccc(/C=C/C(=O)Cc2ccccc2COc2ccc(Cl)cc2)cc1O. The molecule has 0 radical (unpaired) electrons. The minimum absolute atomic E-state index is 0.0341. The molecule has 3 aromatic carbocycles. The number of phenolic OH excluding ortho intramolecular Hbond substituents is 1. The van der Waals surface area contributed by atoms with E-state index < -0.39 is 0 Å². The lowest BCUT2D eigenvalue weighted by Crippen LogP contribution is -2.05. The van der Waals surface area contributed by atoms with Crippen LogP contribution in [0.2, 0.25) is 5.02 Å². The van der Waals surface area contributed by atoms with Crippen LogP contribution in [0.4, 0.5) is 0 Å². The Bertz CT molecular complexity index is 1010. The first kappa shape index (κ1) is 20.5. The van der Waals surface area contributed by atoms with E-state index in [2.05, 4.69) is 0 Å². The van der Waals surface area contributed by atoms with Crippen molar-refractivity contribution < 1.29 is 19.4 Å². The molecule has 3 rings (SSSR count). The Balaban J connectivity index is 1.64. The number of aromatic hydroxyl groups is 1. The maximum Gasteiger partial charge on any atom is 0.160 e. The Hall–Kier alpha value is -3.24. The molecule has 0 aliphatic heterocycles. The molecule has 0 heterocycles. The third-order valence-corrected chi connectivity index (χ3v) is 4.61. The van der Waals surface area contributed by atoms with Gasteiger partial charge in [-0.15, -0.1) is 0 Å². The van der Waals surface area contributed by atoms with E-state index >= 15 is 0 Å². The molecule has 3 aromatic rings. The molecule has 29 heavy (non-hydrogen) atoms. The smallest absolute Gasteiger partial charge is 0.160 e. The number of allylic oxidation sites excluding steroid dienone is 1. The van der Waals surface area contributed by atoms with Crippen LogP contribution in [0.1, 0.15) is 16.7 Å². The third-order valence-electron chi connectivity index (χ3n) is 4.36. The first-order valence-corrected chi connectivity index (χ1v) is 9.46. The van der Waals surface area contributed by atoms with Crippen molar-refractivity contribution in [3.8, 4) is 17.2 Å². The number of halogens is 1. The van der Waals surface area contributed by atoms with Crippen molar-refractivity contribution in [3.05, 3.63) is 94.5 Å². The van der Waals surface area contributed by atoms with Crippen LogP contribution >= 0.6 is 11.6 Å². The molecule has 0 saturated carbocycles. The summed E-state index contributed by atoms with van der Waals surface area (Å²) in [7, 11) is 1.49. The summed E-state index contributed by atoms with van der Waals surface area (Å²) in [5.74, 6) is 1.10. The largest absolute Gasteiger partial charge is 0.504 e. The van der Waals surface area contributed by atoms with Gasteiger partial charge in [0.1, 0.15) is 12.4 Å². The molecular weight excluding hydrogens is 388 g/mol. The second-order valence-electron chi connectivity index (χ2n) is 6.42. The van der Waals surface area contributed by atoms with Crippen molar-refractivity contribution in [2.45, 2.75) is 13.0 Å². The fourth-order valence-electron chi connectivity index (χ4n) is 2.81. The van der Waals surface area contributed by atoms with Gasteiger partial charge in [-0.25, -0.2) is 0 Å². The predicted octanol–water partition coefficient (Wildman–Crippen LogP) is 5.46. The number of hydrogen-bond acceptors (Lipinski definition) is 4. The van der Waals surface area contributed by atoms with Gasteiger partial charge in [0, 0.05) is 11.4 Å². The molecule has 0 aliphatic carbocycles. The molecule has 0 unspecified atom stereocenters. The highest BCUT2D eigenvalue weighted by Gasteiger charge is 2.07. The van der Waals surface area contributed by atoms with Crippen LogP contribution in [-0.2, 0) is 17.8 Å². The van der Waals surface area contributed by atoms with Gasteiger partial charge in [-0.3, -0.25) is 4.79 Å². The standard InChI is InChI=1S/C24H21ClO4/c1-28-24-13-7-17(14-23(24)27)6-10-21(26)15-18-4-2-3-5-19(18)16-29-22-11-8-20(25)9-12-22/h2-14,27H,15-16H2,1H3/b10-6+. The summed E-state index contributed by atoms with van der Waals surface area (Å²) in [4.78, 5) is 12.4. The maximum atomic E-state index is 12.4. The van der Waals surface area contributed by atoms with Gasteiger partial charge in [-0.2, -0.15) is 0 Å². The Morgan fingerprint density at radius 1 is 1.03 bits per heavy atom. The van der Waals surface area contributed by atoms with Crippen LogP contribution in [0.15, 0.2) is 72.8 Å². The Morgan fingerprint density at radius 2 is 1.76 bits per heavy atom. The highest BCUT2D eigenvalue weighted by Crippen LogP contribution is 2.26. The molecule has 148 valence electrons. The minimum atomic E-state index is -0.0424. The maximum absolute atomic E-state index is 12.4. The highest BCUT2D eigenvalue weighted by molar-refractivity contribution is 6.30. The number of carbonyl (C=O) groups excluding carboxylic acids is 1. The zero-order valence-corrected chi connectivity index (χ0v) is 16.7. The highest BCUT2D eigenvalue weighted by atomic mass is 35.5. The molecule has 0 atom stereocenters. The molecule has 0 amide bonds. The number of phenols is 1. The number of ether oxygens (including phenoxy) is 2. The predicted molar refractivity (Wildman–Crippen MR) is 115 cm³/mol. The fourth-order valence-corrected chi connectivity index (χ4v) is 2.94. The Kier molecular flexibility index (Phi) is 6.93. The normalized spacial score (nSPS) is 10.8. The van der Waals surface area contributed by atoms with Gasteiger partial charge in [0.05, 0.1) is 7.11 Å². The molecule has 0 aromatic heterocycles. The second-order valence-corrected chi connectivity index (χ2v) is 6.86. The number of benzene rings is 3. The average molecular weight is 409 g/mol. The van der Waals surface area contributed by atoms with Crippen molar-refractivity contribution >= 4 is 23.5 Å². The van der Waals surface area contributed by atoms with Gasteiger partial charge in [-0.05, 0) is 59.2 Å². The second kappa shape index (κ2) is 9.80. The monoisotopic (exact) mass is 408 g/mol. The summed E-state index contributed by atoms with van der Waals surface area (Å²) < 4.78 is 10.8. The van der Waals surface area contributed by atoms with E-state index in [0.717, 1.165) is 22.4 Å². The number of carbonyl (C=O) groups is 1. The molecule has 5 heteroatoms. The molecule has 0 spiro atoms. The van der Waals surface area contributed by atoms with E-state index in [4.69, 9.17) is 21.1 Å². The molecule has 0 saturated heterocycles. The number of hydrogen-bond donors (Lipinski definition) is 1. The zero-order chi connectivity index (χ0) is 20.6. The van der Waals surface area contributed by atoms with Crippen LogP contribution in [0, 0.1) is 0 Å². The van der Waals surface area contributed by atoms with Crippen molar-refractivity contribution in [2.75, 3.05) is 7.11 Å². The quantitative estimate of drug-likeness (QED) is 0.503. The summed E-state index contributed by atoms with van der Waals surface area (Å²) in [6.07, 6.45) is 3.45. The van der Waals surface area contributed by atoms with Gasteiger partial charge in [-0.1, -0.05) is 48.0 Å². The van der Waals surface area contributed by atoms with Crippen molar-refractivity contribution in [1.29, 1.82) is 0 Å². The molecular formula is C24H21ClO4. The fraction of sp³-hybridized carbons (Fsp3) is 0.125. The van der Waals surface area contributed by atoms with Crippen LogP contribution in [0.5, 0.6) is 17.2 Å². The lowest BCUT2D eigenvalue weighted by molar-refractivity contribution is -0.113. The zero-order valence-electron chi connectivity index (χ0n) is 16.0. The van der Waals surface area contributed by atoms with Crippen molar-refractivity contribution in [1.82, 2.24) is 0 Å². The molecule has 1 N–H and O–H groups in total.